The zero-order valence-electron chi connectivity index (χ0n) is 22.9. The van der Waals surface area contributed by atoms with Crippen LogP contribution in [0.5, 0.6) is 0 Å². The highest BCUT2D eigenvalue weighted by Crippen LogP contribution is 2.47. The van der Waals surface area contributed by atoms with Crippen molar-refractivity contribution in [3.8, 4) is 0 Å². The minimum atomic E-state index is -2.95. The van der Waals surface area contributed by atoms with Gasteiger partial charge in [-0.3, -0.25) is 14.2 Å². The summed E-state index contributed by atoms with van der Waals surface area (Å²) in [7, 11) is -1.75. The van der Waals surface area contributed by atoms with Gasteiger partial charge in [0.25, 0.3) is 8.32 Å². The van der Waals surface area contributed by atoms with Gasteiger partial charge in [-0.25, -0.2) is 4.79 Å². The summed E-state index contributed by atoms with van der Waals surface area (Å²) in [5, 5.41) is 1.86. The Bertz CT molecular complexity index is 1400. The van der Waals surface area contributed by atoms with Gasteiger partial charge in [0, 0.05) is 6.20 Å². The van der Waals surface area contributed by atoms with E-state index >= 15 is 0 Å². The van der Waals surface area contributed by atoms with Crippen molar-refractivity contribution in [3.05, 3.63) is 83.4 Å². The fourth-order valence-corrected chi connectivity index (χ4v) is 10.6. The number of carbonyl (C=O) groups is 2. The summed E-state index contributed by atoms with van der Waals surface area (Å²) in [4.78, 5) is 42.2. The first-order valence-corrected chi connectivity index (χ1v) is 15.0. The monoisotopic (exact) mass is 563 g/mol. The van der Waals surface area contributed by atoms with Gasteiger partial charge in [-0.15, -0.1) is 0 Å². The van der Waals surface area contributed by atoms with Crippen LogP contribution in [0.4, 0.5) is 5.82 Å². The molecular weight excluding hydrogens is 530 g/mol. The summed E-state index contributed by atoms with van der Waals surface area (Å²) in [5.41, 5.74) is 5.03. The number of rotatable bonds is 7. The minimum absolute atomic E-state index is 0.0469. The molecule has 2 saturated heterocycles. The van der Waals surface area contributed by atoms with Crippen molar-refractivity contribution in [1.82, 2.24) is 9.55 Å². The number of nitrogens with two attached hydrogens (primary N) is 1. The van der Waals surface area contributed by atoms with E-state index in [-0.39, 0.29) is 17.5 Å². The van der Waals surface area contributed by atoms with Crippen LogP contribution < -0.4 is 21.8 Å². The number of methoxy groups -OCH3 is 1. The Morgan fingerprint density at radius 3 is 2.15 bits per heavy atom. The first-order chi connectivity index (χ1) is 19.1. The van der Waals surface area contributed by atoms with E-state index in [1.807, 2.05) is 36.4 Å². The Morgan fingerprint density at radius 2 is 1.62 bits per heavy atom. The van der Waals surface area contributed by atoms with Crippen LogP contribution in [0.25, 0.3) is 0 Å². The SMILES string of the molecule is COC(=O)[C@H]1C(=O)O[C@H]2[C@@H]1[C@H](n1ccc(N)nc1=O)O[C@@H]2CO[Si](c1ccccc1)(c1ccccc1)C(C)(C)C. The molecule has 0 radical (unpaired) electrons. The Hall–Kier alpha value is -3.80. The number of fused-ring (bicyclic) bond motifs is 1. The first-order valence-electron chi connectivity index (χ1n) is 13.1. The molecule has 0 aliphatic carbocycles. The first kappa shape index (κ1) is 27.8. The van der Waals surface area contributed by atoms with Gasteiger partial charge >= 0.3 is 17.6 Å². The molecule has 2 fully saturated rings. The van der Waals surface area contributed by atoms with Gasteiger partial charge in [-0.05, 0) is 21.5 Å². The average Bonchev–Trinajstić information content (AvgIpc) is 3.44. The second kappa shape index (κ2) is 10.6. The van der Waals surface area contributed by atoms with E-state index in [0.29, 0.717) is 0 Å². The van der Waals surface area contributed by atoms with Crippen molar-refractivity contribution in [2.45, 2.75) is 44.2 Å². The number of anilines is 1. The second-order valence-corrected chi connectivity index (χ2v) is 15.4. The molecule has 2 N–H and O–H groups in total. The maximum atomic E-state index is 12.9. The van der Waals surface area contributed by atoms with Gasteiger partial charge < -0.3 is 24.4 Å². The van der Waals surface area contributed by atoms with Crippen LogP contribution in [0, 0.1) is 11.8 Å². The number of nitrogen functional groups attached to an aromatic ring is 1. The summed E-state index contributed by atoms with van der Waals surface area (Å²) < 4.78 is 25.3. The molecule has 2 aliphatic heterocycles. The highest BCUT2D eigenvalue weighted by Gasteiger charge is 2.62. The van der Waals surface area contributed by atoms with E-state index in [2.05, 4.69) is 50.0 Å². The summed E-state index contributed by atoms with van der Waals surface area (Å²) in [6.07, 6.45) is -1.19. The molecule has 0 bridgehead atoms. The van der Waals surface area contributed by atoms with Crippen molar-refractivity contribution < 1.29 is 28.2 Å². The molecule has 0 spiro atoms. The van der Waals surface area contributed by atoms with Crippen LogP contribution >= 0.6 is 0 Å². The Kier molecular flexibility index (Phi) is 7.38. The lowest BCUT2D eigenvalue weighted by atomic mass is 9.88. The number of esters is 2. The maximum Gasteiger partial charge on any atom is 0.351 e. The van der Waals surface area contributed by atoms with Crippen LogP contribution in [0.15, 0.2) is 77.7 Å². The number of aromatic nitrogens is 2. The molecule has 11 heteroatoms. The number of nitrogens with zero attached hydrogens (tertiary/aromatic N) is 2. The molecule has 10 nitrogen and oxygen atoms in total. The fourth-order valence-electron chi connectivity index (χ4n) is 5.98. The maximum absolute atomic E-state index is 12.9. The topological polar surface area (TPSA) is 132 Å². The third-order valence-corrected chi connectivity index (χ3v) is 12.7. The summed E-state index contributed by atoms with van der Waals surface area (Å²) >= 11 is 0. The zero-order chi connectivity index (χ0) is 28.7. The Labute approximate surface area is 233 Å². The molecular formula is C29H33N3O7Si. The molecule has 0 unspecified atom stereocenters. The highest BCUT2D eigenvalue weighted by molar-refractivity contribution is 6.99. The Balaban J connectivity index is 1.56. The lowest BCUT2D eigenvalue weighted by molar-refractivity contribution is -0.161. The number of hydrogen-bond donors (Lipinski definition) is 1. The molecule has 1 aromatic heterocycles. The average molecular weight is 564 g/mol. The predicted octanol–water partition coefficient (Wildman–Crippen LogP) is 1.63. The van der Waals surface area contributed by atoms with Crippen molar-refractivity contribution in [3.63, 3.8) is 0 Å². The molecule has 3 aromatic rings. The standard InChI is InChI=1S/C29H33N3O7Si/c1-29(2,3)40(18-11-7-5-8-12-18,19-13-9-6-10-14-19)37-17-20-24-22(23(26(33)36-4)27(34)39-24)25(38-20)32-16-15-21(30)31-28(32)35/h5-16,20,22-25H,17H2,1-4H3,(H2,30,31,35)/t20-,22-,23+,24-,25-/m1/s1. The number of ether oxygens (including phenoxy) is 3. The van der Waals surface area contributed by atoms with E-state index in [0.717, 1.165) is 10.4 Å². The summed E-state index contributed by atoms with van der Waals surface area (Å²) in [6.45, 7) is 6.53. The van der Waals surface area contributed by atoms with E-state index in [1.165, 1.54) is 23.9 Å². The van der Waals surface area contributed by atoms with Gasteiger partial charge in [0.2, 0.25) is 0 Å². The third-order valence-electron chi connectivity index (χ3n) is 7.74. The molecule has 5 atom stereocenters. The van der Waals surface area contributed by atoms with Gasteiger partial charge in [0.05, 0.1) is 19.6 Å². The van der Waals surface area contributed by atoms with Crippen LogP contribution in [-0.4, -0.2) is 55.7 Å². The van der Waals surface area contributed by atoms with Gasteiger partial charge in [0.1, 0.15) is 24.3 Å². The molecule has 5 rings (SSSR count). The van der Waals surface area contributed by atoms with Gasteiger partial charge in [-0.1, -0.05) is 81.4 Å². The van der Waals surface area contributed by atoms with Gasteiger partial charge in [-0.2, -0.15) is 4.98 Å². The number of carbonyl (C=O) groups excluding carboxylic acids is 2. The molecule has 210 valence electrons. The minimum Gasteiger partial charge on any atom is -0.468 e. The molecule has 3 heterocycles. The molecule has 2 aliphatic rings. The second-order valence-electron chi connectivity index (χ2n) is 11.1. The van der Waals surface area contributed by atoms with Crippen LogP contribution in [0.1, 0.15) is 27.0 Å². The smallest absolute Gasteiger partial charge is 0.351 e. The van der Waals surface area contributed by atoms with E-state index in [9.17, 15) is 14.4 Å². The fraction of sp³-hybridized carbons (Fsp3) is 0.379. The van der Waals surface area contributed by atoms with Crippen LogP contribution in [0.3, 0.4) is 0 Å². The molecule has 40 heavy (non-hydrogen) atoms. The van der Waals surface area contributed by atoms with Crippen molar-refractivity contribution in [1.29, 1.82) is 0 Å². The quantitative estimate of drug-likeness (QED) is 0.259. The normalized spacial score (nSPS) is 24.4. The third kappa shape index (κ3) is 4.63. The number of hydrogen-bond acceptors (Lipinski definition) is 9. The zero-order valence-corrected chi connectivity index (χ0v) is 23.9. The van der Waals surface area contributed by atoms with E-state index < -0.39 is 56.2 Å². The van der Waals surface area contributed by atoms with Gasteiger partial charge in [0.15, 0.2) is 5.92 Å². The van der Waals surface area contributed by atoms with Crippen molar-refractivity contribution >= 4 is 36.4 Å². The van der Waals surface area contributed by atoms with E-state index in [1.54, 1.807) is 0 Å². The molecule has 0 amide bonds. The highest BCUT2D eigenvalue weighted by atomic mass is 28.4. The van der Waals surface area contributed by atoms with Crippen molar-refractivity contribution in [2.24, 2.45) is 11.8 Å². The van der Waals surface area contributed by atoms with Crippen molar-refractivity contribution in [2.75, 3.05) is 19.5 Å². The lowest BCUT2D eigenvalue weighted by Crippen LogP contribution is -2.67. The Morgan fingerprint density at radius 1 is 1.02 bits per heavy atom. The van der Waals surface area contributed by atoms with E-state index in [4.69, 9.17) is 24.4 Å². The lowest BCUT2D eigenvalue weighted by Gasteiger charge is -2.43. The predicted molar refractivity (Wildman–Crippen MR) is 149 cm³/mol. The molecule has 2 aromatic carbocycles. The summed E-state index contributed by atoms with van der Waals surface area (Å²) in [5.74, 6) is -3.51. The summed E-state index contributed by atoms with van der Waals surface area (Å²) in [6, 6.07) is 21.7. The largest absolute Gasteiger partial charge is 0.468 e. The van der Waals surface area contributed by atoms with Crippen LogP contribution in [-0.2, 0) is 28.2 Å². The molecule has 0 saturated carbocycles. The van der Waals surface area contributed by atoms with Crippen LogP contribution in [0.2, 0.25) is 5.04 Å². The number of benzene rings is 2.